The van der Waals surface area contributed by atoms with E-state index in [4.69, 9.17) is 9.47 Å². The molecule has 0 saturated carbocycles. The molecule has 0 aliphatic carbocycles. The van der Waals surface area contributed by atoms with Crippen molar-refractivity contribution in [3.63, 3.8) is 0 Å². The molecule has 1 aliphatic rings. The molecule has 1 heterocycles. The lowest BCUT2D eigenvalue weighted by atomic mass is 10.1. The molecule has 0 spiro atoms. The van der Waals surface area contributed by atoms with Crippen LogP contribution in [0.1, 0.15) is 29.8 Å². The van der Waals surface area contributed by atoms with E-state index < -0.39 is 16.6 Å². The van der Waals surface area contributed by atoms with Gasteiger partial charge >= 0.3 is 0 Å². The fraction of sp³-hybridized carbons (Fsp3) is 0.500. The number of hydrogen-bond donors (Lipinski definition) is 1. The highest BCUT2D eigenvalue weighted by atomic mass is 16.7. The zero-order valence-electron chi connectivity index (χ0n) is 12.2. The standard InChI is InChI=1S/C14H18N2O5/c1-9-5-4-6-11(16(18)19)12(9)13(17)15-7-10-8-20-14(2,3)21-10/h4-6,10H,7-8H2,1-3H3,(H,15,17). The molecule has 114 valence electrons. The van der Waals surface area contributed by atoms with Gasteiger partial charge < -0.3 is 14.8 Å². The number of nitrogens with zero attached hydrogens (tertiary/aromatic N) is 1. The summed E-state index contributed by atoms with van der Waals surface area (Å²) in [6.45, 7) is 5.87. The highest BCUT2D eigenvalue weighted by molar-refractivity contribution is 5.99. The number of nitro groups is 1. The van der Waals surface area contributed by atoms with Crippen LogP contribution in [0.15, 0.2) is 18.2 Å². The number of aryl methyl sites for hydroxylation is 1. The van der Waals surface area contributed by atoms with Gasteiger partial charge in [0.25, 0.3) is 11.6 Å². The third-order valence-electron chi connectivity index (χ3n) is 3.23. The quantitative estimate of drug-likeness (QED) is 0.675. The van der Waals surface area contributed by atoms with Crippen LogP contribution in [0.4, 0.5) is 5.69 Å². The first-order chi connectivity index (χ1) is 9.80. The summed E-state index contributed by atoms with van der Waals surface area (Å²) in [6.07, 6.45) is -0.257. The average molecular weight is 294 g/mol. The summed E-state index contributed by atoms with van der Waals surface area (Å²) in [6, 6.07) is 4.54. The molecule has 1 atom stereocenters. The van der Waals surface area contributed by atoms with Gasteiger partial charge in [-0.15, -0.1) is 0 Å². The number of amides is 1. The van der Waals surface area contributed by atoms with Crippen molar-refractivity contribution >= 4 is 11.6 Å². The summed E-state index contributed by atoms with van der Waals surface area (Å²) >= 11 is 0. The van der Waals surface area contributed by atoms with Gasteiger partial charge in [0.05, 0.1) is 11.5 Å². The summed E-state index contributed by atoms with van der Waals surface area (Å²) in [5.41, 5.74) is 0.447. The minimum Gasteiger partial charge on any atom is -0.349 e. The summed E-state index contributed by atoms with van der Waals surface area (Å²) in [5.74, 6) is -1.14. The van der Waals surface area contributed by atoms with Gasteiger partial charge in [-0.3, -0.25) is 14.9 Å². The minimum atomic E-state index is -0.663. The van der Waals surface area contributed by atoms with Crippen LogP contribution in [-0.2, 0) is 9.47 Å². The van der Waals surface area contributed by atoms with E-state index in [0.717, 1.165) is 0 Å². The lowest BCUT2D eigenvalue weighted by Crippen LogP contribution is -2.35. The Bertz CT molecular complexity index is 570. The van der Waals surface area contributed by atoms with Crippen LogP contribution in [0.5, 0.6) is 0 Å². The maximum absolute atomic E-state index is 12.2. The van der Waals surface area contributed by atoms with Crippen molar-refractivity contribution in [3.8, 4) is 0 Å². The Morgan fingerprint density at radius 3 is 2.81 bits per heavy atom. The Hall–Kier alpha value is -1.99. The second-order valence-electron chi connectivity index (χ2n) is 5.39. The van der Waals surface area contributed by atoms with Crippen molar-refractivity contribution in [2.75, 3.05) is 13.2 Å². The molecule has 0 radical (unpaired) electrons. The van der Waals surface area contributed by atoms with Crippen molar-refractivity contribution in [1.29, 1.82) is 0 Å². The molecule has 0 bridgehead atoms. The topological polar surface area (TPSA) is 90.7 Å². The molecule has 1 saturated heterocycles. The molecule has 1 fully saturated rings. The molecular weight excluding hydrogens is 276 g/mol. The van der Waals surface area contributed by atoms with E-state index in [0.29, 0.717) is 12.2 Å². The van der Waals surface area contributed by atoms with Gasteiger partial charge in [-0.25, -0.2) is 0 Å². The van der Waals surface area contributed by atoms with Crippen LogP contribution >= 0.6 is 0 Å². The minimum absolute atomic E-state index is 0.0840. The van der Waals surface area contributed by atoms with E-state index in [-0.39, 0.29) is 23.9 Å². The number of carbonyl (C=O) groups is 1. The normalized spacial score (nSPS) is 20.2. The molecule has 1 unspecified atom stereocenters. The van der Waals surface area contributed by atoms with Crippen molar-refractivity contribution < 1.29 is 19.2 Å². The van der Waals surface area contributed by atoms with Crippen LogP contribution < -0.4 is 5.32 Å². The number of benzene rings is 1. The average Bonchev–Trinajstić information content (AvgIpc) is 2.75. The van der Waals surface area contributed by atoms with Gasteiger partial charge in [-0.05, 0) is 26.3 Å². The molecule has 2 rings (SSSR count). The number of ether oxygens (including phenoxy) is 2. The SMILES string of the molecule is Cc1cccc([N+](=O)[O-])c1C(=O)NCC1COC(C)(C)O1. The smallest absolute Gasteiger partial charge is 0.282 e. The van der Waals surface area contributed by atoms with Crippen LogP contribution in [0.2, 0.25) is 0 Å². The maximum Gasteiger partial charge on any atom is 0.282 e. The first-order valence-electron chi connectivity index (χ1n) is 6.64. The summed E-state index contributed by atoms with van der Waals surface area (Å²) in [5, 5.41) is 13.7. The first kappa shape index (κ1) is 15.4. The Balaban J connectivity index is 2.06. The second kappa shape index (κ2) is 5.79. The van der Waals surface area contributed by atoms with Crippen molar-refractivity contribution in [3.05, 3.63) is 39.4 Å². The Morgan fingerprint density at radius 1 is 1.52 bits per heavy atom. The fourth-order valence-electron chi connectivity index (χ4n) is 2.26. The fourth-order valence-corrected chi connectivity index (χ4v) is 2.26. The monoisotopic (exact) mass is 294 g/mol. The highest BCUT2D eigenvalue weighted by Crippen LogP contribution is 2.23. The molecule has 1 amide bonds. The van der Waals surface area contributed by atoms with Crippen LogP contribution in [0.3, 0.4) is 0 Å². The van der Waals surface area contributed by atoms with Gasteiger partial charge in [-0.2, -0.15) is 0 Å². The van der Waals surface area contributed by atoms with Gasteiger partial charge in [0, 0.05) is 12.6 Å². The van der Waals surface area contributed by atoms with Crippen molar-refractivity contribution in [1.82, 2.24) is 5.32 Å². The van der Waals surface area contributed by atoms with Crippen molar-refractivity contribution in [2.45, 2.75) is 32.7 Å². The molecule has 0 aromatic heterocycles. The van der Waals surface area contributed by atoms with Crippen molar-refractivity contribution in [2.24, 2.45) is 0 Å². The highest BCUT2D eigenvalue weighted by Gasteiger charge is 2.33. The van der Waals surface area contributed by atoms with Gasteiger partial charge in [0.2, 0.25) is 0 Å². The molecule has 1 aromatic carbocycles. The van der Waals surface area contributed by atoms with Gasteiger partial charge in [0.15, 0.2) is 5.79 Å². The van der Waals surface area contributed by atoms with Crippen LogP contribution in [0, 0.1) is 17.0 Å². The zero-order valence-corrected chi connectivity index (χ0v) is 12.2. The predicted octanol–water partition coefficient (Wildman–Crippen LogP) is 1.78. The lowest BCUT2D eigenvalue weighted by molar-refractivity contribution is -0.385. The third kappa shape index (κ3) is 3.56. The largest absolute Gasteiger partial charge is 0.349 e. The molecule has 1 N–H and O–H groups in total. The predicted molar refractivity (Wildman–Crippen MR) is 75.1 cm³/mol. The molecule has 7 heteroatoms. The molecule has 7 nitrogen and oxygen atoms in total. The summed E-state index contributed by atoms with van der Waals surface area (Å²) < 4.78 is 11.0. The van der Waals surface area contributed by atoms with E-state index in [9.17, 15) is 14.9 Å². The van der Waals surface area contributed by atoms with E-state index in [1.54, 1.807) is 32.9 Å². The maximum atomic E-state index is 12.2. The number of carbonyl (C=O) groups excluding carboxylic acids is 1. The number of nitro benzene ring substituents is 1. The second-order valence-corrected chi connectivity index (χ2v) is 5.39. The van der Waals surface area contributed by atoms with E-state index in [1.807, 2.05) is 0 Å². The van der Waals surface area contributed by atoms with Crippen LogP contribution in [0.25, 0.3) is 0 Å². The number of nitrogens with one attached hydrogen (secondary N) is 1. The summed E-state index contributed by atoms with van der Waals surface area (Å²) in [7, 11) is 0. The number of hydrogen-bond acceptors (Lipinski definition) is 5. The van der Waals surface area contributed by atoms with Gasteiger partial charge in [-0.1, -0.05) is 12.1 Å². The Labute approximate surface area is 122 Å². The van der Waals surface area contributed by atoms with Crippen LogP contribution in [-0.4, -0.2) is 35.9 Å². The molecule has 1 aliphatic heterocycles. The molecule has 21 heavy (non-hydrogen) atoms. The third-order valence-corrected chi connectivity index (χ3v) is 3.23. The van der Waals surface area contributed by atoms with E-state index in [1.165, 1.54) is 6.07 Å². The Morgan fingerprint density at radius 2 is 2.24 bits per heavy atom. The first-order valence-corrected chi connectivity index (χ1v) is 6.64. The number of rotatable bonds is 4. The lowest BCUT2D eigenvalue weighted by Gasteiger charge is -2.17. The Kier molecular flexibility index (Phi) is 4.24. The van der Waals surface area contributed by atoms with Gasteiger partial charge in [0.1, 0.15) is 11.7 Å². The van der Waals surface area contributed by atoms with E-state index in [2.05, 4.69) is 5.32 Å². The molecule has 1 aromatic rings. The van der Waals surface area contributed by atoms with E-state index >= 15 is 0 Å². The molecular formula is C14H18N2O5. The summed E-state index contributed by atoms with van der Waals surface area (Å²) in [4.78, 5) is 22.6. The zero-order chi connectivity index (χ0) is 15.6.